The number of nitro groups is 1. The first-order valence-corrected chi connectivity index (χ1v) is 14.2. The Labute approximate surface area is 243 Å². The molecule has 6 heteroatoms. The molecule has 0 aliphatic rings. The molecule has 0 saturated heterocycles. The average molecular weight is 552 g/mol. The molecule has 3 aromatic carbocycles. The SMILES string of the molecule is CCCCCCCCCCOc1ccc(C#Cc2cc([N+](=O)[O-])c(C#Cc3ccc(C(=O)OC)cc3)cc2C)cc1. The number of carbonyl (C=O) groups excluding carboxylic acids is 1. The number of ether oxygens (including phenoxy) is 2. The van der Waals surface area contributed by atoms with Crippen LogP contribution in [0.15, 0.2) is 60.7 Å². The highest BCUT2D eigenvalue weighted by Crippen LogP contribution is 2.23. The second-order valence-electron chi connectivity index (χ2n) is 9.86. The summed E-state index contributed by atoms with van der Waals surface area (Å²) in [7, 11) is 1.32. The predicted octanol–water partition coefficient (Wildman–Crippen LogP) is 8.01. The summed E-state index contributed by atoms with van der Waals surface area (Å²) in [4.78, 5) is 22.9. The molecular weight excluding hydrogens is 514 g/mol. The quantitative estimate of drug-likeness (QED) is 0.0749. The molecule has 0 heterocycles. The highest BCUT2D eigenvalue weighted by molar-refractivity contribution is 5.89. The van der Waals surface area contributed by atoms with Gasteiger partial charge in [0.25, 0.3) is 5.69 Å². The van der Waals surface area contributed by atoms with E-state index in [0.717, 1.165) is 23.3 Å². The van der Waals surface area contributed by atoms with E-state index in [-0.39, 0.29) is 5.69 Å². The number of aryl methyl sites for hydroxylation is 1. The minimum absolute atomic E-state index is 0.108. The summed E-state index contributed by atoms with van der Waals surface area (Å²) in [5, 5.41) is 11.8. The van der Waals surface area contributed by atoms with Crippen molar-refractivity contribution >= 4 is 11.7 Å². The van der Waals surface area contributed by atoms with E-state index in [2.05, 4.69) is 30.6 Å². The number of hydrogen-bond donors (Lipinski definition) is 0. The monoisotopic (exact) mass is 551 g/mol. The largest absolute Gasteiger partial charge is 0.494 e. The summed E-state index contributed by atoms with van der Waals surface area (Å²) in [6.07, 6.45) is 10.1. The van der Waals surface area contributed by atoms with E-state index in [0.29, 0.717) is 28.9 Å². The lowest BCUT2D eigenvalue weighted by molar-refractivity contribution is -0.385. The number of esters is 1. The zero-order valence-corrected chi connectivity index (χ0v) is 24.1. The topological polar surface area (TPSA) is 78.7 Å². The van der Waals surface area contributed by atoms with E-state index in [1.807, 2.05) is 31.2 Å². The summed E-state index contributed by atoms with van der Waals surface area (Å²) < 4.78 is 10.6. The van der Waals surface area contributed by atoms with Crippen molar-refractivity contribution in [2.75, 3.05) is 13.7 Å². The second-order valence-corrected chi connectivity index (χ2v) is 9.86. The smallest absolute Gasteiger partial charge is 0.337 e. The van der Waals surface area contributed by atoms with Gasteiger partial charge in [0.2, 0.25) is 0 Å². The molecule has 3 aromatic rings. The van der Waals surface area contributed by atoms with Crippen LogP contribution >= 0.6 is 0 Å². The molecule has 3 rings (SSSR count). The van der Waals surface area contributed by atoms with Crippen molar-refractivity contribution in [1.29, 1.82) is 0 Å². The predicted molar refractivity (Wildman–Crippen MR) is 162 cm³/mol. The number of methoxy groups -OCH3 is 1. The Morgan fingerprint density at radius 3 is 1.93 bits per heavy atom. The van der Waals surface area contributed by atoms with E-state index in [9.17, 15) is 14.9 Å². The molecule has 0 amide bonds. The van der Waals surface area contributed by atoms with Gasteiger partial charge in [0.1, 0.15) is 11.3 Å². The number of nitro benzene ring substituents is 1. The highest BCUT2D eigenvalue weighted by atomic mass is 16.6. The number of carbonyl (C=O) groups is 1. The van der Waals surface area contributed by atoms with Crippen molar-refractivity contribution in [3.8, 4) is 29.4 Å². The van der Waals surface area contributed by atoms with Gasteiger partial charge < -0.3 is 9.47 Å². The first-order valence-electron chi connectivity index (χ1n) is 14.2. The molecule has 0 bridgehead atoms. The van der Waals surface area contributed by atoms with Crippen molar-refractivity contribution in [1.82, 2.24) is 0 Å². The number of hydrogen-bond acceptors (Lipinski definition) is 5. The Bertz CT molecular complexity index is 1430. The molecule has 0 aromatic heterocycles. The van der Waals surface area contributed by atoms with Crippen LogP contribution in [0.5, 0.6) is 5.75 Å². The number of unbranched alkanes of at least 4 members (excludes halogenated alkanes) is 7. The fraction of sp³-hybridized carbons (Fsp3) is 0.343. The Morgan fingerprint density at radius 2 is 1.34 bits per heavy atom. The van der Waals surface area contributed by atoms with Gasteiger partial charge in [-0.2, -0.15) is 0 Å². The molecule has 0 spiro atoms. The van der Waals surface area contributed by atoms with Crippen molar-refractivity contribution in [2.45, 2.75) is 65.2 Å². The lowest BCUT2D eigenvalue weighted by atomic mass is 10.0. The molecule has 0 unspecified atom stereocenters. The lowest BCUT2D eigenvalue weighted by Gasteiger charge is -2.06. The average Bonchev–Trinajstić information content (AvgIpc) is 2.99. The Kier molecular flexibility index (Phi) is 12.5. The van der Waals surface area contributed by atoms with Gasteiger partial charge >= 0.3 is 5.97 Å². The molecule has 0 aliphatic heterocycles. The molecule has 212 valence electrons. The Balaban J connectivity index is 1.61. The van der Waals surface area contributed by atoms with E-state index >= 15 is 0 Å². The van der Waals surface area contributed by atoms with Crippen LogP contribution < -0.4 is 4.74 Å². The van der Waals surface area contributed by atoms with Crippen LogP contribution in [-0.4, -0.2) is 24.6 Å². The highest BCUT2D eigenvalue weighted by Gasteiger charge is 2.15. The van der Waals surface area contributed by atoms with E-state index < -0.39 is 10.9 Å². The van der Waals surface area contributed by atoms with Gasteiger partial charge in [0.05, 0.1) is 24.2 Å². The number of rotatable bonds is 12. The van der Waals surface area contributed by atoms with E-state index in [1.165, 1.54) is 58.1 Å². The Morgan fingerprint density at radius 1 is 0.780 bits per heavy atom. The van der Waals surface area contributed by atoms with E-state index in [4.69, 9.17) is 9.47 Å². The third-order valence-corrected chi connectivity index (χ3v) is 6.65. The van der Waals surface area contributed by atoms with Gasteiger partial charge in [-0.25, -0.2) is 4.79 Å². The summed E-state index contributed by atoms with van der Waals surface area (Å²) in [6.45, 7) is 4.80. The maximum Gasteiger partial charge on any atom is 0.337 e. The third kappa shape index (κ3) is 10.2. The molecule has 0 aliphatic carbocycles. The van der Waals surface area contributed by atoms with Crippen LogP contribution in [-0.2, 0) is 4.74 Å². The zero-order chi connectivity index (χ0) is 29.5. The number of benzene rings is 3. The fourth-order valence-electron chi connectivity index (χ4n) is 4.23. The van der Waals surface area contributed by atoms with Crippen LogP contribution in [0.2, 0.25) is 0 Å². The van der Waals surface area contributed by atoms with Gasteiger partial charge in [-0.3, -0.25) is 10.1 Å². The van der Waals surface area contributed by atoms with Gasteiger partial charge in [0, 0.05) is 22.8 Å². The normalized spacial score (nSPS) is 10.1. The summed E-state index contributed by atoms with van der Waals surface area (Å²) in [6, 6.07) is 17.3. The molecular formula is C35H37NO5. The van der Waals surface area contributed by atoms with Crippen molar-refractivity contribution in [2.24, 2.45) is 0 Å². The number of nitrogens with zero attached hydrogens (tertiary/aromatic N) is 1. The zero-order valence-electron chi connectivity index (χ0n) is 24.1. The molecule has 0 atom stereocenters. The minimum atomic E-state index is -0.451. The fourth-order valence-corrected chi connectivity index (χ4v) is 4.23. The van der Waals surface area contributed by atoms with Gasteiger partial charge in [0.15, 0.2) is 0 Å². The molecule has 0 N–H and O–H groups in total. The maximum absolute atomic E-state index is 11.8. The Hall–Kier alpha value is -4.55. The molecule has 41 heavy (non-hydrogen) atoms. The summed E-state index contributed by atoms with van der Waals surface area (Å²) in [5.41, 5.74) is 3.38. The van der Waals surface area contributed by atoms with Gasteiger partial charge in [-0.1, -0.05) is 75.6 Å². The summed E-state index contributed by atoms with van der Waals surface area (Å²) >= 11 is 0. The van der Waals surface area contributed by atoms with Crippen LogP contribution in [0.1, 0.15) is 96.5 Å². The van der Waals surface area contributed by atoms with Crippen LogP contribution in [0.3, 0.4) is 0 Å². The van der Waals surface area contributed by atoms with Crippen molar-refractivity contribution in [3.05, 3.63) is 104 Å². The standard InChI is InChI=1S/C35H37NO5/c1-4-5-6-7-8-9-10-11-24-41-33-22-16-29(17-23-33)14-20-31-26-34(36(38)39)32(25-27(31)2)21-15-28-12-18-30(19-13-28)35(37)40-3/h12-13,16-19,22-23,25-26H,4-11,24H2,1-3H3. The van der Waals surface area contributed by atoms with Crippen LogP contribution in [0.4, 0.5) is 5.69 Å². The maximum atomic E-state index is 11.8. The summed E-state index contributed by atoms with van der Waals surface area (Å²) in [5.74, 6) is 12.4. The van der Waals surface area contributed by atoms with E-state index in [1.54, 1.807) is 30.3 Å². The molecule has 0 fully saturated rings. The molecule has 0 saturated carbocycles. The van der Waals surface area contributed by atoms with Gasteiger partial charge in [-0.15, -0.1) is 0 Å². The first kappa shape index (κ1) is 31.0. The van der Waals surface area contributed by atoms with Crippen molar-refractivity contribution in [3.63, 3.8) is 0 Å². The van der Waals surface area contributed by atoms with Crippen molar-refractivity contribution < 1.29 is 19.2 Å². The van der Waals surface area contributed by atoms with Crippen LogP contribution in [0, 0.1) is 40.7 Å². The second kappa shape index (κ2) is 16.5. The van der Waals surface area contributed by atoms with Gasteiger partial charge in [-0.05, 0) is 73.5 Å². The minimum Gasteiger partial charge on any atom is -0.494 e. The lowest BCUT2D eigenvalue weighted by Crippen LogP contribution is -2.00. The third-order valence-electron chi connectivity index (χ3n) is 6.65. The molecule has 6 nitrogen and oxygen atoms in total. The molecule has 0 radical (unpaired) electrons. The first-order chi connectivity index (χ1) is 19.9. The van der Waals surface area contributed by atoms with Crippen LogP contribution in [0.25, 0.3) is 0 Å².